The topological polar surface area (TPSA) is 87.5 Å². The maximum absolute atomic E-state index is 13.3. The van der Waals surface area contributed by atoms with Crippen molar-refractivity contribution >= 4 is 11.8 Å². The molecule has 0 aromatic carbocycles. The fourth-order valence-electron chi connectivity index (χ4n) is 5.18. The van der Waals surface area contributed by atoms with Crippen LogP contribution in [0.25, 0.3) is 0 Å². The average molecular weight is 391 g/mol. The van der Waals surface area contributed by atoms with E-state index in [1.165, 1.54) is 6.92 Å². The largest absolute Gasteiger partial charge is 0.390 e. The molecule has 4 atom stereocenters. The van der Waals surface area contributed by atoms with E-state index in [1.807, 2.05) is 28.8 Å². The monoisotopic (exact) mass is 390 g/mol. The Bertz CT molecular complexity index is 688. The van der Waals surface area contributed by atoms with E-state index in [0.29, 0.717) is 19.5 Å². The number of nitrogens with zero attached hydrogens (tertiary/aromatic N) is 3. The number of carbonyl (C=O) groups excluding carboxylic acids is 2. The normalized spacial score (nSPS) is 32.6. The fraction of sp³-hybridized carbons (Fsp3) is 0.762. The second-order valence-corrected chi connectivity index (χ2v) is 8.92. The van der Waals surface area contributed by atoms with Crippen molar-refractivity contribution in [2.75, 3.05) is 6.54 Å². The zero-order valence-electron chi connectivity index (χ0n) is 17.4. The number of carbonyl (C=O) groups is 2. The zero-order chi connectivity index (χ0) is 20.4. The van der Waals surface area contributed by atoms with E-state index in [-0.39, 0.29) is 29.3 Å². The molecule has 1 aliphatic carbocycles. The van der Waals surface area contributed by atoms with Gasteiger partial charge in [0.1, 0.15) is 0 Å². The lowest BCUT2D eigenvalue weighted by atomic mass is 9.67. The van der Waals surface area contributed by atoms with Crippen molar-refractivity contribution < 1.29 is 14.7 Å². The van der Waals surface area contributed by atoms with Crippen LogP contribution in [0.1, 0.15) is 65.7 Å². The molecule has 2 N–H and O–H groups in total. The predicted molar refractivity (Wildman–Crippen MR) is 106 cm³/mol. The number of rotatable bonds is 6. The van der Waals surface area contributed by atoms with Gasteiger partial charge in [-0.25, -0.2) is 0 Å². The lowest BCUT2D eigenvalue weighted by molar-refractivity contribution is -0.138. The molecule has 7 heteroatoms. The summed E-state index contributed by atoms with van der Waals surface area (Å²) in [6.07, 6.45) is 9.20. The first-order valence-corrected chi connectivity index (χ1v) is 10.5. The van der Waals surface area contributed by atoms with Gasteiger partial charge in [0.15, 0.2) is 0 Å². The van der Waals surface area contributed by atoms with Crippen molar-refractivity contribution in [2.45, 2.75) is 89.9 Å². The van der Waals surface area contributed by atoms with Crippen LogP contribution in [0.3, 0.4) is 0 Å². The fourth-order valence-corrected chi connectivity index (χ4v) is 5.18. The van der Waals surface area contributed by atoms with Crippen LogP contribution in [0.4, 0.5) is 0 Å². The third-order valence-corrected chi connectivity index (χ3v) is 6.96. The van der Waals surface area contributed by atoms with Crippen molar-refractivity contribution in [1.82, 2.24) is 20.0 Å². The van der Waals surface area contributed by atoms with E-state index in [4.69, 9.17) is 0 Å². The Balaban J connectivity index is 1.76. The maximum atomic E-state index is 13.3. The second-order valence-electron chi connectivity index (χ2n) is 8.92. The lowest BCUT2D eigenvalue weighted by Crippen LogP contribution is -2.52. The third kappa shape index (κ3) is 4.09. The predicted octanol–water partition coefficient (Wildman–Crippen LogP) is 2.10. The van der Waals surface area contributed by atoms with E-state index in [2.05, 4.69) is 17.3 Å². The van der Waals surface area contributed by atoms with Gasteiger partial charge >= 0.3 is 0 Å². The molecule has 1 aromatic heterocycles. The molecule has 1 aliphatic heterocycles. The van der Waals surface area contributed by atoms with Crippen molar-refractivity contribution in [2.24, 2.45) is 5.41 Å². The molecule has 1 saturated heterocycles. The van der Waals surface area contributed by atoms with E-state index < -0.39 is 5.60 Å². The van der Waals surface area contributed by atoms with Crippen LogP contribution < -0.4 is 5.32 Å². The molecule has 156 valence electrons. The molecular weight excluding hydrogens is 356 g/mol. The summed E-state index contributed by atoms with van der Waals surface area (Å²) < 4.78 is 1.84. The number of aromatic nitrogens is 2. The smallest absolute Gasteiger partial charge is 0.223 e. The summed E-state index contributed by atoms with van der Waals surface area (Å²) in [5.74, 6) is 0.0315. The average Bonchev–Trinajstić information content (AvgIpc) is 3.21. The van der Waals surface area contributed by atoms with Gasteiger partial charge < -0.3 is 15.3 Å². The summed E-state index contributed by atoms with van der Waals surface area (Å²) in [6, 6.07) is 1.83. The molecule has 2 heterocycles. The molecule has 1 aromatic rings. The molecule has 0 spiro atoms. The van der Waals surface area contributed by atoms with Gasteiger partial charge in [0.2, 0.25) is 11.8 Å². The minimum absolute atomic E-state index is 0.0148. The molecule has 0 unspecified atom stereocenters. The van der Waals surface area contributed by atoms with E-state index >= 15 is 0 Å². The third-order valence-electron chi connectivity index (χ3n) is 6.96. The number of amides is 2. The number of aryl methyl sites for hydroxylation is 1. The Morgan fingerprint density at radius 2 is 2.11 bits per heavy atom. The Labute approximate surface area is 167 Å². The molecule has 2 fully saturated rings. The Hall–Kier alpha value is -1.89. The lowest BCUT2D eigenvalue weighted by Gasteiger charge is -2.44. The van der Waals surface area contributed by atoms with Crippen molar-refractivity contribution in [3.05, 3.63) is 18.5 Å². The van der Waals surface area contributed by atoms with Gasteiger partial charge in [0.25, 0.3) is 0 Å². The minimum Gasteiger partial charge on any atom is -0.390 e. The summed E-state index contributed by atoms with van der Waals surface area (Å²) in [5, 5.41) is 18.3. The summed E-state index contributed by atoms with van der Waals surface area (Å²) in [5.41, 5.74) is -1.17. The number of hydrogen-bond acceptors (Lipinski definition) is 4. The van der Waals surface area contributed by atoms with Gasteiger partial charge in [0.05, 0.1) is 11.6 Å². The summed E-state index contributed by atoms with van der Waals surface area (Å²) in [4.78, 5) is 26.7. The SMILES string of the molecule is CC(=O)NC[C@H]1C[C@]2(C)[C@@H](CCCC[C@]2(C)O)N1C(=O)CCCn1cccn1. The minimum atomic E-state index is -0.813. The number of nitrogens with one attached hydrogen (secondary N) is 1. The second kappa shape index (κ2) is 8.23. The van der Waals surface area contributed by atoms with Crippen molar-refractivity contribution in [3.63, 3.8) is 0 Å². The van der Waals surface area contributed by atoms with E-state index in [0.717, 1.165) is 38.5 Å². The quantitative estimate of drug-likeness (QED) is 0.779. The Morgan fingerprint density at radius 3 is 2.79 bits per heavy atom. The maximum Gasteiger partial charge on any atom is 0.223 e. The summed E-state index contributed by atoms with van der Waals surface area (Å²) >= 11 is 0. The molecule has 2 aliphatic rings. The number of fused-ring (bicyclic) bond motifs is 1. The van der Waals surface area contributed by atoms with Crippen LogP contribution in [0, 0.1) is 5.41 Å². The highest BCUT2D eigenvalue weighted by Gasteiger charge is 2.59. The number of hydrogen-bond donors (Lipinski definition) is 2. The van der Waals surface area contributed by atoms with E-state index in [1.54, 1.807) is 6.20 Å². The molecular formula is C21H34N4O3. The summed E-state index contributed by atoms with van der Waals surface area (Å²) in [7, 11) is 0. The van der Waals surface area contributed by atoms with Gasteiger partial charge in [-0.05, 0) is 38.7 Å². The Kier molecular flexibility index (Phi) is 6.12. The van der Waals surface area contributed by atoms with Gasteiger partial charge in [0, 0.05) is 50.3 Å². The molecule has 2 amide bonds. The van der Waals surface area contributed by atoms with Crippen LogP contribution >= 0.6 is 0 Å². The van der Waals surface area contributed by atoms with Gasteiger partial charge in [-0.15, -0.1) is 0 Å². The Morgan fingerprint density at radius 1 is 1.32 bits per heavy atom. The van der Waals surface area contributed by atoms with Crippen molar-refractivity contribution in [1.29, 1.82) is 0 Å². The highest BCUT2D eigenvalue weighted by molar-refractivity contribution is 5.78. The van der Waals surface area contributed by atoms with Gasteiger partial charge in [-0.3, -0.25) is 14.3 Å². The van der Waals surface area contributed by atoms with Crippen LogP contribution in [-0.4, -0.2) is 55.8 Å². The highest BCUT2D eigenvalue weighted by Crippen LogP contribution is 2.53. The molecule has 1 saturated carbocycles. The highest BCUT2D eigenvalue weighted by atomic mass is 16.3. The molecule has 7 nitrogen and oxygen atoms in total. The molecule has 3 rings (SSSR count). The first-order valence-electron chi connectivity index (χ1n) is 10.5. The first-order chi connectivity index (χ1) is 13.2. The van der Waals surface area contributed by atoms with Crippen molar-refractivity contribution in [3.8, 4) is 0 Å². The van der Waals surface area contributed by atoms with Gasteiger partial charge in [-0.2, -0.15) is 5.10 Å². The number of likely N-dealkylation sites (tertiary alicyclic amines) is 1. The first kappa shape index (κ1) is 20.8. The van der Waals surface area contributed by atoms with Gasteiger partial charge in [-0.1, -0.05) is 19.8 Å². The standard InChI is InChI=1S/C21H34N4O3/c1-16(26)22-15-17-14-20(2)18(8-4-5-10-21(20,3)28)25(17)19(27)9-6-12-24-13-7-11-23-24/h7,11,13,17-18,28H,4-6,8-10,12,14-15H2,1-3H3,(H,22,26)/t17-,18-,20-,21+/m1/s1. The van der Waals surface area contributed by atoms with Crippen LogP contribution in [-0.2, 0) is 16.1 Å². The van der Waals surface area contributed by atoms with Crippen LogP contribution in [0.2, 0.25) is 0 Å². The van der Waals surface area contributed by atoms with Crippen LogP contribution in [0.5, 0.6) is 0 Å². The summed E-state index contributed by atoms with van der Waals surface area (Å²) in [6.45, 7) is 6.71. The molecule has 28 heavy (non-hydrogen) atoms. The van der Waals surface area contributed by atoms with Crippen LogP contribution in [0.15, 0.2) is 18.5 Å². The van der Waals surface area contributed by atoms with E-state index in [9.17, 15) is 14.7 Å². The molecule has 0 bridgehead atoms. The molecule has 0 radical (unpaired) electrons. The number of aliphatic hydroxyl groups is 1. The zero-order valence-corrected chi connectivity index (χ0v) is 17.4.